The van der Waals surface area contributed by atoms with Gasteiger partial charge in [0, 0.05) is 13.7 Å². The highest BCUT2D eigenvalue weighted by molar-refractivity contribution is 7.16. The predicted octanol–water partition coefficient (Wildman–Crippen LogP) is 3.77. The van der Waals surface area contributed by atoms with Gasteiger partial charge in [0.1, 0.15) is 0 Å². The van der Waals surface area contributed by atoms with E-state index in [-0.39, 0.29) is 5.91 Å². The standard InChI is InChI=1S/C17H18N2O2S2/c1-11-9-12(2)15-14(10-11)23-17(19(15)6-7-21-3)18-16(20)13-5-4-8-22-13/h4-5,8-10H,6-7H2,1-3H3. The molecule has 0 fully saturated rings. The van der Waals surface area contributed by atoms with Crippen molar-refractivity contribution in [2.45, 2.75) is 20.4 Å². The van der Waals surface area contributed by atoms with Crippen LogP contribution in [0, 0.1) is 13.8 Å². The zero-order valence-electron chi connectivity index (χ0n) is 13.3. The maximum atomic E-state index is 12.3. The van der Waals surface area contributed by atoms with E-state index in [1.807, 2.05) is 11.4 Å². The second kappa shape index (κ2) is 6.78. The van der Waals surface area contributed by atoms with Crippen LogP contribution in [0.2, 0.25) is 0 Å². The van der Waals surface area contributed by atoms with Gasteiger partial charge in [-0.25, -0.2) is 0 Å². The van der Waals surface area contributed by atoms with Gasteiger partial charge >= 0.3 is 0 Å². The molecular weight excluding hydrogens is 328 g/mol. The van der Waals surface area contributed by atoms with Crippen LogP contribution in [0.4, 0.5) is 0 Å². The number of nitrogens with zero attached hydrogens (tertiary/aromatic N) is 2. The molecule has 3 rings (SSSR count). The minimum Gasteiger partial charge on any atom is -0.383 e. The summed E-state index contributed by atoms with van der Waals surface area (Å²) in [6, 6.07) is 7.97. The minimum atomic E-state index is -0.188. The molecule has 1 aromatic carbocycles. The first-order valence-electron chi connectivity index (χ1n) is 7.32. The topological polar surface area (TPSA) is 43.6 Å². The second-order valence-corrected chi connectivity index (χ2v) is 7.31. The van der Waals surface area contributed by atoms with Crippen LogP contribution in [0.25, 0.3) is 10.2 Å². The lowest BCUT2D eigenvalue weighted by atomic mass is 10.1. The van der Waals surface area contributed by atoms with Crippen molar-refractivity contribution < 1.29 is 9.53 Å². The molecule has 0 spiro atoms. The summed E-state index contributed by atoms with van der Waals surface area (Å²) in [5, 5.41) is 1.89. The van der Waals surface area contributed by atoms with E-state index in [0.29, 0.717) is 18.0 Å². The molecule has 1 amide bonds. The van der Waals surface area contributed by atoms with Gasteiger partial charge in [-0.05, 0) is 42.5 Å². The van der Waals surface area contributed by atoms with Crippen molar-refractivity contribution in [3.05, 3.63) is 50.5 Å². The van der Waals surface area contributed by atoms with Gasteiger partial charge in [0.2, 0.25) is 0 Å². The third-order valence-electron chi connectivity index (χ3n) is 3.56. The van der Waals surface area contributed by atoms with Crippen molar-refractivity contribution in [1.29, 1.82) is 0 Å². The smallest absolute Gasteiger partial charge is 0.289 e. The number of carbonyl (C=O) groups is 1. The van der Waals surface area contributed by atoms with Gasteiger partial charge in [-0.1, -0.05) is 23.5 Å². The molecule has 6 heteroatoms. The average Bonchev–Trinajstić information content (AvgIpc) is 3.12. The van der Waals surface area contributed by atoms with E-state index >= 15 is 0 Å². The molecule has 4 nitrogen and oxygen atoms in total. The van der Waals surface area contributed by atoms with Crippen LogP contribution in [0.5, 0.6) is 0 Å². The molecule has 0 saturated heterocycles. The average molecular weight is 346 g/mol. The number of fused-ring (bicyclic) bond motifs is 1. The molecule has 0 unspecified atom stereocenters. The van der Waals surface area contributed by atoms with Crippen LogP contribution in [0.3, 0.4) is 0 Å². The summed E-state index contributed by atoms with van der Waals surface area (Å²) in [6.45, 7) is 5.44. The highest BCUT2D eigenvalue weighted by Gasteiger charge is 2.12. The van der Waals surface area contributed by atoms with Crippen molar-refractivity contribution in [1.82, 2.24) is 4.57 Å². The summed E-state index contributed by atoms with van der Waals surface area (Å²) in [5.74, 6) is -0.188. The van der Waals surface area contributed by atoms with Crippen molar-refractivity contribution in [3.8, 4) is 0 Å². The molecule has 0 radical (unpaired) electrons. The molecule has 0 aliphatic heterocycles. The molecule has 0 aliphatic rings. The second-order valence-electron chi connectivity index (χ2n) is 5.35. The first-order valence-corrected chi connectivity index (χ1v) is 9.02. The first kappa shape index (κ1) is 16.1. The fraction of sp³-hybridized carbons (Fsp3) is 0.294. The summed E-state index contributed by atoms with van der Waals surface area (Å²) in [4.78, 5) is 18.1. The van der Waals surface area contributed by atoms with E-state index in [2.05, 4.69) is 35.5 Å². The predicted molar refractivity (Wildman–Crippen MR) is 95.4 cm³/mol. The van der Waals surface area contributed by atoms with Gasteiger partial charge in [0.05, 0.1) is 21.7 Å². The molecule has 120 valence electrons. The van der Waals surface area contributed by atoms with Crippen molar-refractivity contribution in [2.75, 3.05) is 13.7 Å². The van der Waals surface area contributed by atoms with Crippen LogP contribution < -0.4 is 4.80 Å². The number of methoxy groups -OCH3 is 1. The Hall–Kier alpha value is -1.76. The highest BCUT2D eigenvalue weighted by atomic mass is 32.1. The number of hydrogen-bond donors (Lipinski definition) is 0. The quantitative estimate of drug-likeness (QED) is 0.722. The lowest BCUT2D eigenvalue weighted by Crippen LogP contribution is -2.19. The van der Waals surface area contributed by atoms with E-state index in [4.69, 9.17) is 4.74 Å². The van der Waals surface area contributed by atoms with Crippen molar-refractivity contribution >= 4 is 38.8 Å². The third kappa shape index (κ3) is 3.29. The van der Waals surface area contributed by atoms with E-state index in [9.17, 15) is 4.79 Å². The summed E-state index contributed by atoms with van der Waals surface area (Å²) in [7, 11) is 1.68. The summed E-state index contributed by atoms with van der Waals surface area (Å²) < 4.78 is 8.46. The monoisotopic (exact) mass is 346 g/mol. The molecule has 0 bridgehead atoms. The number of aryl methyl sites for hydroxylation is 2. The molecule has 0 atom stereocenters. The molecule has 0 saturated carbocycles. The molecule has 2 aromatic heterocycles. The molecule has 23 heavy (non-hydrogen) atoms. The van der Waals surface area contributed by atoms with E-state index in [0.717, 1.165) is 15.0 Å². The number of thiazole rings is 1. The minimum absolute atomic E-state index is 0.188. The van der Waals surface area contributed by atoms with E-state index in [1.165, 1.54) is 22.5 Å². The fourth-order valence-corrected chi connectivity index (χ4v) is 4.45. The summed E-state index contributed by atoms with van der Waals surface area (Å²) >= 11 is 2.97. The lowest BCUT2D eigenvalue weighted by Gasteiger charge is -2.07. The number of ether oxygens (including phenoxy) is 1. The number of amides is 1. The van der Waals surface area contributed by atoms with Crippen LogP contribution in [0.1, 0.15) is 20.8 Å². The Bertz CT molecular complexity index is 905. The maximum absolute atomic E-state index is 12.3. The maximum Gasteiger partial charge on any atom is 0.289 e. The van der Waals surface area contributed by atoms with Crippen molar-refractivity contribution in [3.63, 3.8) is 0 Å². The Morgan fingerprint density at radius 3 is 2.87 bits per heavy atom. The Morgan fingerprint density at radius 1 is 1.35 bits per heavy atom. The number of rotatable bonds is 4. The number of aromatic nitrogens is 1. The zero-order valence-corrected chi connectivity index (χ0v) is 15.0. The first-order chi connectivity index (χ1) is 11.1. The highest BCUT2D eigenvalue weighted by Crippen LogP contribution is 2.23. The molecule has 3 aromatic rings. The lowest BCUT2D eigenvalue weighted by molar-refractivity contribution is 0.100. The zero-order chi connectivity index (χ0) is 16.4. The SMILES string of the molecule is COCCn1c(=NC(=O)c2cccs2)sc2cc(C)cc(C)c21. The van der Waals surface area contributed by atoms with Gasteiger partial charge < -0.3 is 9.30 Å². The Morgan fingerprint density at radius 2 is 2.17 bits per heavy atom. The van der Waals surface area contributed by atoms with Gasteiger partial charge in [-0.3, -0.25) is 4.79 Å². The molecule has 0 N–H and O–H groups in total. The molecule has 2 heterocycles. The van der Waals surface area contributed by atoms with Crippen molar-refractivity contribution in [2.24, 2.45) is 4.99 Å². The number of benzene rings is 1. The van der Waals surface area contributed by atoms with Crippen LogP contribution in [-0.2, 0) is 11.3 Å². The number of carbonyl (C=O) groups excluding carboxylic acids is 1. The largest absolute Gasteiger partial charge is 0.383 e. The van der Waals surface area contributed by atoms with Gasteiger partial charge in [0.25, 0.3) is 5.91 Å². The Labute approximate surface area is 142 Å². The Balaban J connectivity index is 2.18. The van der Waals surface area contributed by atoms with Gasteiger partial charge in [-0.15, -0.1) is 11.3 Å². The van der Waals surface area contributed by atoms with Crippen LogP contribution >= 0.6 is 22.7 Å². The molecule has 0 aliphatic carbocycles. The van der Waals surface area contributed by atoms with Crippen LogP contribution in [0.15, 0.2) is 34.6 Å². The number of thiophene rings is 1. The fourth-order valence-electron chi connectivity index (χ4n) is 2.61. The summed E-state index contributed by atoms with van der Waals surface area (Å²) in [5.41, 5.74) is 3.54. The third-order valence-corrected chi connectivity index (χ3v) is 5.44. The van der Waals surface area contributed by atoms with Crippen LogP contribution in [-0.4, -0.2) is 24.2 Å². The van der Waals surface area contributed by atoms with Gasteiger partial charge in [-0.2, -0.15) is 4.99 Å². The van der Waals surface area contributed by atoms with Gasteiger partial charge in [0.15, 0.2) is 4.80 Å². The normalized spacial score (nSPS) is 12.2. The Kier molecular flexibility index (Phi) is 4.75. The molecular formula is C17H18N2O2S2. The summed E-state index contributed by atoms with van der Waals surface area (Å²) in [6.07, 6.45) is 0. The van der Waals surface area contributed by atoms with E-state index in [1.54, 1.807) is 24.5 Å². The van der Waals surface area contributed by atoms with E-state index < -0.39 is 0 Å². The number of hydrogen-bond acceptors (Lipinski definition) is 4.